The first-order chi connectivity index (χ1) is 9.05. The molecule has 1 fully saturated rings. The van der Waals surface area contributed by atoms with Crippen molar-refractivity contribution in [2.75, 3.05) is 19.6 Å². The van der Waals surface area contributed by atoms with E-state index in [4.69, 9.17) is 0 Å². The van der Waals surface area contributed by atoms with E-state index in [2.05, 4.69) is 10.6 Å². The molecule has 106 valence electrons. The zero-order valence-corrected chi connectivity index (χ0v) is 10.8. The largest absolute Gasteiger partial charge is 0.416 e. The average Bonchev–Trinajstić information content (AvgIpc) is 2.39. The molecule has 1 aromatic carbocycles. The van der Waals surface area contributed by atoms with Crippen LogP contribution in [0.25, 0.3) is 0 Å². The van der Waals surface area contributed by atoms with E-state index >= 15 is 0 Å². The van der Waals surface area contributed by atoms with Gasteiger partial charge in [0, 0.05) is 6.54 Å². The molecule has 2 rings (SSSR count). The van der Waals surface area contributed by atoms with Gasteiger partial charge < -0.3 is 10.6 Å². The van der Waals surface area contributed by atoms with Gasteiger partial charge in [-0.15, -0.1) is 0 Å². The molecule has 1 aliphatic rings. The van der Waals surface area contributed by atoms with Crippen LogP contribution in [0, 0.1) is 5.92 Å². The normalized spacial score (nSPS) is 20.5. The minimum Gasteiger partial charge on any atom is -0.316 e. The van der Waals surface area contributed by atoms with Crippen molar-refractivity contribution < 1.29 is 13.2 Å². The Labute approximate surface area is 111 Å². The highest BCUT2D eigenvalue weighted by molar-refractivity contribution is 5.25. The maximum atomic E-state index is 12.6. The van der Waals surface area contributed by atoms with Gasteiger partial charge in [0.05, 0.1) is 5.56 Å². The number of piperidine rings is 1. The average molecular weight is 272 g/mol. The molecular weight excluding hydrogens is 253 g/mol. The van der Waals surface area contributed by atoms with Gasteiger partial charge in [0.15, 0.2) is 0 Å². The Hall–Kier alpha value is -1.07. The summed E-state index contributed by atoms with van der Waals surface area (Å²) in [6.45, 7) is 3.41. The number of nitrogens with one attached hydrogen (secondary N) is 2. The first-order valence-electron chi connectivity index (χ1n) is 6.63. The molecular formula is C14H19F3N2. The second kappa shape index (κ2) is 6.39. The standard InChI is InChI=1S/C14H19F3N2/c15-14(16,17)13-5-1-3-11(7-13)8-19-10-12-4-2-6-18-9-12/h1,3,5,7,12,18-19H,2,4,6,8-10H2. The lowest BCUT2D eigenvalue weighted by molar-refractivity contribution is -0.137. The smallest absolute Gasteiger partial charge is 0.316 e. The van der Waals surface area contributed by atoms with Crippen LogP contribution in [-0.4, -0.2) is 19.6 Å². The highest BCUT2D eigenvalue weighted by atomic mass is 19.4. The number of hydrogen-bond acceptors (Lipinski definition) is 2. The minimum atomic E-state index is -4.26. The maximum Gasteiger partial charge on any atom is 0.416 e. The van der Waals surface area contributed by atoms with Gasteiger partial charge in [0.2, 0.25) is 0 Å². The van der Waals surface area contributed by atoms with E-state index in [-0.39, 0.29) is 0 Å². The monoisotopic (exact) mass is 272 g/mol. The van der Waals surface area contributed by atoms with Crippen molar-refractivity contribution in [1.82, 2.24) is 10.6 Å². The van der Waals surface area contributed by atoms with E-state index in [0.29, 0.717) is 18.0 Å². The lowest BCUT2D eigenvalue weighted by atomic mass is 10.00. The first kappa shape index (κ1) is 14.3. The predicted molar refractivity (Wildman–Crippen MR) is 68.7 cm³/mol. The van der Waals surface area contributed by atoms with Crippen molar-refractivity contribution >= 4 is 0 Å². The summed E-state index contributed by atoms with van der Waals surface area (Å²) in [4.78, 5) is 0. The first-order valence-corrected chi connectivity index (χ1v) is 6.63. The van der Waals surface area contributed by atoms with Crippen LogP contribution in [0.2, 0.25) is 0 Å². The van der Waals surface area contributed by atoms with E-state index in [1.165, 1.54) is 25.0 Å². The predicted octanol–water partition coefficient (Wildman–Crippen LogP) is 2.79. The Morgan fingerprint density at radius 2 is 2.16 bits per heavy atom. The molecule has 0 aromatic heterocycles. The Kier molecular flexibility index (Phi) is 4.82. The van der Waals surface area contributed by atoms with Gasteiger partial charge in [0.1, 0.15) is 0 Å². The topological polar surface area (TPSA) is 24.1 Å². The van der Waals surface area contributed by atoms with Crippen LogP contribution >= 0.6 is 0 Å². The van der Waals surface area contributed by atoms with Crippen molar-refractivity contribution in [3.8, 4) is 0 Å². The highest BCUT2D eigenvalue weighted by Gasteiger charge is 2.30. The molecule has 2 N–H and O–H groups in total. The van der Waals surface area contributed by atoms with E-state index in [1.807, 2.05) is 0 Å². The fourth-order valence-corrected chi connectivity index (χ4v) is 2.38. The van der Waals surface area contributed by atoms with Crippen LogP contribution in [0.15, 0.2) is 24.3 Å². The third kappa shape index (κ3) is 4.51. The van der Waals surface area contributed by atoms with Gasteiger partial charge >= 0.3 is 6.18 Å². The van der Waals surface area contributed by atoms with Crippen LogP contribution in [0.1, 0.15) is 24.0 Å². The van der Waals surface area contributed by atoms with Crippen LogP contribution in [-0.2, 0) is 12.7 Å². The second-order valence-corrected chi connectivity index (χ2v) is 5.04. The molecule has 19 heavy (non-hydrogen) atoms. The Balaban J connectivity index is 1.82. The van der Waals surface area contributed by atoms with E-state index in [9.17, 15) is 13.2 Å². The maximum absolute atomic E-state index is 12.6. The van der Waals surface area contributed by atoms with Crippen LogP contribution in [0.4, 0.5) is 13.2 Å². The summed E-state index contributed by atoms with van der Waals surface area (Å²) < 4.78 is 37.7. The van der Waals surface area contributed by atoms with Gasteiger partial charge in [-0.3, -0.25) is 0 Å². The molecule has 0 radical (unpaired) electrons. The molecule has 2 nitrogen and oxygen atoms in total. The van der Waals surface area contributed by atoms with Crippen molar-refractivity contribution in [2.24, 2.45) is 5.92 Å². The summed E-state index contributed by atoms with van der Waals surface area (Å²) in [5.74, 6) is 0.583. The molecule has 1 saturated heterocycles. The SMILES string of the molecule is FC(F)(F)c1cccc(CNCC2CCCNC2)c1. The summed E-state index contributed by atoms with van der Waals surface area (Å²) in [6, 6.07) is 5.50. The molecule has 1 unspecified atom stereocenters. The van der Waals surface area contributed by atoms with E-state index < -0.39 is 11.7 Å². The van der Waals surface area contributed by atoms with Gasteiger partial charge in [-0.05, 0) is 50.0 Å². The Bertz CT molecular complexity index is 398. The molecule has 0 aliphatic carbocycles. The molecule has 0 bridgehead atoms. The van der Waals surface area contributed by atoms with Gasteiger partial charge in [0.25, 0.3) is 0 Å². The van der Waals surface area contributed by atoms with Gasteiger partial charge in [-0.25, -0.2) is 0 Å². The van der Waals surface area contributed by atoms with E-state index in [1.54, 1.807) is 6.07 Å². The zero-order valence-electron chi connectivity index (χ0n) is 10.8. The van der Waals surface area contributed by atoms with Crippen LogP contribution < -0.4 is 10.6 Å². The lowest BCUT2D eigenvalue weighted by Gasteiger charge is -2.23. The summed E-state index contributed by atoms with van der Waals surface area (Å²) in [5.41, 5.74) is 0.102. The van der Waals surface area contributed by atoms with Crippen molar-refractivity contribution in [2.45, 2.75) is 25.6 Å². The summed E-state index contributed by atoms with van der Waals surface area (Å²) >= 11 is 0. The molecule has 1 atom stereocenters. The van der Waals surface area contributed by atoms with Crippen molar-refractivity contribution in [1.29, 1.82) is 0 Å². The fraction of sp³-hybridized carbons (Fsp3) is 0.571. The molecule has 1 aliphatic heterocycles. The van der Waals surface area contributed by atoms with E-state index in [0.717, 1.165) is 25.7 Å². The van der Waals surface area contributed by atoms with Gasteiger partial charge in [-0.1, -0.05) is 18.2 Å². The Morgan fingerprint density at radius 3 is 2.84 bits per heavy atom. The highest BCUT2D eigenvalue weighted by Crippen LogP contribution is 2.29. The fourth-order valence-electron chi connectivity index (χ4n) is 2.38. The number of benzene rings is 1. The third-order valence-corrected chi connectivity index (χ3v) is 3.42. The second-order valence-electron chi connectivity index (χ2n) is 5.04. The Morgan fingerprint density at radius 1 is 1.32 bits per heavy atom. The molecule has 0 spiro atoms. The quantitative estimate of drug-likeness (QED) is 0.880. The molecule has 5 heteroatoms. The summed E-state index contributed by atoms with van der Waals surface area (Å²) in [7, 11) is 0. The number of hydrogen-bond donors (Lipinski definition) is 2. The van der Waals surface area contributed by atoms with Gasteiger partial charge in [-0.2, -0.15) is 13.2 Å². The zero-order chi connectivity index (χ0) is 13.7. The third-order valence-electron chi connectivity index (χ3n) is 3.42. The minimum absolute atomic E-state index is 0.487. The van der Waals surface area contributed by atoms with Crippen molar-refractivity contribution in [3.05, 3.63) is 35.4 Å². The molecule has 0 amide bonds. The molecule has 0 saturated carbocycles. The number of halogens is 3. The summed E-state index contributed by atoms with van der Waals surface area (Å²) in [5, 5.41) is 6.57. The summed E-state index contributed by atoms with van der Waals surface area (Å²) in [6.07, 6.45) is -1.90. The molecule has 1 heterocycles. The van der Waals surface area contributed by atoms with Crippen LogP contribution in [0.3, 0.4) is 0 Å². The number of alkyl halides is 3. The molecule has 1 aromatic rings. The lowest BCUT2D eigenvalue weighted by Crippen LogP contribution is -2.35. The number of rotatable bonds is 4. The van der Waals surface area contributed by atoms with Crippen molar-refractivity contribution in [3.63, 3.8) is 0 Å². The van der Waals surface area contributed by atoms with Crippen LogP contribution in [0.5, 0.6) is 0 Å².